The van der Waals surface area contributed by atoms with Gasteiger partial charge in [0.1, 0.15) is 48.5 Å². The number of benzene rings is 3. The minimum atomic E-state index is -1.79. The third-order valence-corrected chi connectivity index (χ3v) is 8.94. The molecule has 0 fully saturated rings. The Balaban J connectivity index is 1.41. The summed E-state index contributed by atoms with van der Waals surface area (Å²) in [6.07, 6.45) is 5.45. The second-order valence-corrected chi connectivity index (χ2v) is 12.2. The summed E-state index contributed by atoms with van der Waals surface area (Å²) < 4.78 is 38.4. The maximum absolute atomic E-state index is 15.3. The molecule has 0 radical (unpaired) electrons. The molecule has 11 heteroatoms. The van der Waals surface area contributed by atoms with Gasteiger partial charge < -0.3 is 15.2 Å². The highest BCUT2D eigenvalue weighted by Crippen LogP contribution is 2.41. The van der Waals surface area contributed by atoms with Crippen molar-refractivity contribution in [2.24, 2.45) is 0 Å². The number of nitriles is 1. The molecule has 0 bridgehead atoms. The number of aryl methyl sites for hydroxylation is 2. The van der Waals surface area contributed by atoms with E-state index < -0.39 is 23.2 Å². The van der Waals surface area contributed by atoms with E-state index in [0.29, 0.717) is 28.6 Å². The molecule has 0 spiro atoms. The van der Waals surface area contributed by atoms with E-state index in [2.05, 4.69) is 11.4 Å². The normalized spacial score (nSPS) is 13.2. The van der Waals surface area contributed by atoms with Crippen LogP contribution >= 0.6 is 11.3 Å². The fourth-order valence-electron chi connectivity index (χ4n) is 5.54. The van der Waals surface area contributed by atoms with Crippen LogP contribution in [0.3, 0.4) is 0 Å². The van der Waals surface area contributed by atoms with Crippen molar-refractivity contribution >= 4 is 17.3 Å². The van der Waals surface area contributed by atoms with Crippen LogP contribution in [-0.4, -0.2) is 34.2 Å². The monoisotopic (exact) mass is 642 g/mol. The molecule has 3 aromatic carbocycles. The maximum Gasteiger partial charge on any atom is 0.325 e. The first-order valence-corrected chi connectivity index (χ1v) is 15.5. The van der Waals surface area contributed by atoms with Crippen LogP contribution < -0.4 is 14.6 Å². The van der Waals surface area contributed by atoms with Gasteiger partial charge in [0.25, 0.3) is 0 Å². The van der Waals surface area contributed by atoms with E-state index in [1.54, 1.807) is 49.0 Å². The molecule has 2 heterocycles. The van der Waals surface area contributed by atoms with Crippen molar-refractivity contribution in [1.29, 1.82) is 5.26 Å². The SMILES string of the molecule is CNCC(=O)Oc1c(C)cc(C[n+]2ccn(C[C@](O)(c3ccc(F)cc3F)[C@@H](C)c3nc(-c4ccc(C#N)cc4)cs3)c2)cc1C. The fourth-order valence-corrected chi connectivity index (χ4v) is 6.51. The Morgan fingerprint density at radius 2 is 1.89 bits per heavy atom. The summed E-state index contributed by atoms with van der Waals surface area (Å²) in [5.74, 6) is -2.09. The molecule has 0 aliphatic carbocycles. The van der Waals surface area contributed by atoms with E-state index in [-0.39, 0.29) is 24.6 Å². The average Bonchev–Trinajstić information content (AvgIpc) is 3.68. The molecule has 46 heavy (non-hydrogen) atoms. The van der Waals surface area contributed by atoms with Crippen LogP contribution in [0.4, 0.5) is 8.78 Å². The number of nitrogens with one attached hydrogen (secondary N) is 1. The van der Waals surface area contributed by atoms with Gasteiger partial charge in [0.05, 0.1) is 28.9 Å². The van der Waals surface area contributed by atoms with Crippen molar-refractivity contribution < 1.29 is 28.0 Å². The molecule has 5 rings (SSSR count). The summed E-state index contributed by atoms with van der Waals surface area (Å²) >= 11 is 1.34. The van der Waals surface area contributed by atoms with Crippen molar-refractivity contribution in [3.63, 3.8) is 0 Å². The van der Waals surface area contributed by atoms with E-state index in [0.717, 1.165) is 34.4 Å². The van der Waals surface area contributed by atoms with E-state index in [9.17, 15) is 14.3 Å². The van der Waals surface area contributed by atoms with Crippen LogP contribution in [0, 0.1) is 36.8 Å². The zero-order valence-corrected chi connectivity index (χ0v) is 26.7. The number of likely N-dealkylation sites (N-methyl/N-ethyl adjacent to an activating group) is 1. The van der Waals surface area contributed by atoms with Gasteiger partial charge in [-0.25, -0.2) is 22.9 Å². The lowest BCUT2D eigenvalue weighted by Gasteiger charge is -2.32. The molecule has 0 aliphatic heterocycles. The topological polar surface area (TPSA) is 104 Å². The molecular weight excluding hydrogens is 608 g/mol. The average molecular weight is 643 g/mol. The third kappa shape index (κ3) is 7.05. The molecule has 8 nitrogen and oxygen atoms in total. The van der Waals surface area contributed by atoms with Gasteiger partial charge in [-0.05, 0) is 67.9 Å². The number of aromatic nitrogens is 3. The van der Waals surface area contributed by atoms with Gasteiger partial charge in [-0.3, -0.25) is 4.79 Å². The molecule has 0 amide bonds. The lowest BCUT2D eigenvalue weighted by molar-refractivity contribution is -0.687. The Hall–Kier alpha value is -4.76. The molecule has 2 N–H and O–H groups in total. The Kier molecular flexibility index (Phi) is 9.72. The molecule has 0 unspecified atom stereocenters. The Morgan fingerprint density at radius 1 is 1.17 bits per heavy atom. The van der Waals surface area contributed by atoms with Crippen molar-refractivity contribution in [2.45, 2.75) is 45.4 Å². The van der Waals surface area contributed by atoms with Gasteiger partial charge >= 0.3 is 5.97 Å². The molecular formula is C35H34F2N5O3S+. The van der Waals surface area contributed by atoms with Crippen molar-refractivity contribution in [2.75, 3.05) is 13.6 Å². The largest absolute Gasteiger partial charge is 0.425 e. The first-order chi connectivity index (χ1) is 22.0. The maximum atomic E-state index is 15.3. The molecule has 5 aromatic rings. The number of carbonyl (C=O) groups excluding carboxylic acids is 1. The minimum absolute atomic E-state index is 0.0338. The summed E-state index contributed by atoms with van der Waals surface area (Å²) in [7, 11) is 1.68. The highest BCUT2D eigenvalue weighted by atomic mass is 32.1. The van der Waals surface area contributed by atoms with Gasteiger partial charge in [0, 0.05) is 28.5 Å². The van der Waals surface area contributed by atoms with Gasteiger partial charge in [0.15, 0.2) is 0 Å². The van der Waals surface area contributed by atoms with E-state index >= 15 is 4.39 Å². The number of imidazole rings is 1. The second-order valence-electron chi connectivity index (χ2n) is 11.4. The number of esters is 1. The number of hydrogen-bond donors (Lipinski definition) is 2. The zero-order chi connectivity index (χ0) is 33.0. The molecule has 236 valence electrons. The molecule has 0 saturated heterocycles. The number of hydrogen-bond acceptors (Lipinski definition) is 7. The lowest BCUT2D eigenvalue weighted by Crippen LogP contribution is -2.38. The summed E-state index contributed by atoms with van der Waals surface area (Å²) in [5, 5.41) is 26.6. The van der Waals surface area contributed by atoms with E-state index in [1.807, 2.05) is 48.5 Å². The van der Waals surface area contributed by atoms with Crippen LogP contribution in [0.5, 0.6) is 5.75 Å². The quantitative estimate of drug-likeness (QED) is 0.112. The zero-order valence-electron chi connectivity index (χ0n) is 25.9. The summed E-state index contributed by atoms with van der Waals surface area (Å²) in [5.41, 5.74) is 2.84. The van der Waals surface area contributed by atoms with Crippen LogP contribution in [0.25, 0.3) is 11.3 Å². The number of ether oxygens (including phenoxy) is 1. The fraction of sp³-hybridized carbons (Fsp3) is 0.257. The first-order valence-electron chi connectivity index (χ1n) is 14.6. The first kappa shape index (κ1) is 32.6. The standard InChI is InChI=1S/C35H34F2N5O3S/c1-22-13-26(14-23(2)33(22)45-32(43)17-39-4)18-41-11-12-42(21-41)20-35(44,29-10-9-28(36)15-30(29)37)24(3)34-40-31(19-46-34)27-7-5-25(16-38)6-8-27/h5-15,19,21,24,39,44H,17-18,20H2,1-4H3/q+1/t24-,35+/m0/s1. The number of rotatable bonds is 11. The highest BCUT2D eigenvalue weighted by Gasteiger charge is 2.43. The van der Waals surface area contributed by atoms with Gasteiger partial charge in [-0.1, -0.05) is 25.1 Å². The lowest BCUT2D eigenvalue weighted by atomic mass is 9.82. The summed E-state index contributed by atoms with van der Waals surface area (Å²) in [4.78, 5) is 16.8. The van der Waals surface area contributed by atoms with E-state index in [1.165, 1.54) is 17.4 Å². The molecule has 0 saturated carbocycles. The van der Waals surface area contributed by atoms with Crippen LogP contribution in [0.1, 0.15) is 45.7 Å². The van der Waals surface area contributed by atoms with Crippen LogP contribution in [0.15, 0.2) is 78.7 Å². The van der Waals surface area contributed by atoms with Crippen LogP contribution in [-0.2, 0) is 23.5 Å². The molecule has 2 atom stereocenters. The summed E-state index contributed by atoms with van der Waals surface area (Å²) in [6, 6.07) is 16.2. The number of thiazole rings is 1. The number of halogens is 2. The Labute approximate surface area is 270 Å². The van der Waals surface area contributed by atoms with Gasteiger partial charge in [0.2, 0.25) is 6.33 Å². The Morgan fingerprint density at radius 3 is 2.54 bits per heavy atom. The molecule has 0 aliphatic rings. The van der Waals surface area contributed by atoms with Crippen molar-refractivity contribution in [3.8, 4) is 23.1 Å². The van der Waals surface area contributed by atoms with Crippen molar-refractivity contribution in [1.82, 2.24) is 14.9 Å². The highest BCUT2D eigenvalue weighted by molar-refractivity contribution is 7.10. The predicted octanol–water partition coefficient (Wildman–Crippen LogP) is 5.53. The minimum Gasteiger partial charge on any atom is -0.425 e. The second kappa shape index (κ2) is 13.7. The van der Waals surface area contributed by atoms with Gasteiger partial charge in [-0.2, -0.15) is 5.26 Å². The number of carbonyl (C=O) groups is 1. The van der Waals surface area contributed by atoms with E-state index in [4.69, 9.17) is 15.0 Å². The summed E-state index contributed by atoms with van der Waals surface area (Å²) in [6.45, 7) is 6.12. The van der Waals surface area contributed by atoms with Gasteiger partial charge in [-0.15, -0.1) is 11.3 Å². The van der Waals surface area contributed by atoms with Crippen molar-refractivity contribution in [3.05, 3.63) is 123 Å². The predicted molar refractivity (Wildman–Crippen MR) is 170 cm³/mol. The Bertz CT molecular complexity index is 1890. The van der Waals surface area contributed by atoms with Crippen LogP contribution in [0.2, 0.25) is 0 Å². The smallest absolute Gasteiger partial charge is 0.325 e. The number of nitrogens with zero attached hydrogens (tertiary/aromatic N) is 4. The third-order valence-electron chi connectivity index (χ3n) is 7.91. The molecule has 2 aromatic heterocycles. The number of aliphatic hydroxyl groups is 1.